The van der Waals surface area contributed by atoms with Crippen molar-refractivity contribution in [2.75, 3.05) is 19.6 Å². The Morgan fingerprint density at radius 3 is 2.59 bits per heavy atom. The molecule has 100 valence electrons. The Bertz CT molecular complexity index is 361. The van der Waals surface area contributed by atoms with Crippen LogP contribution in [-0.2, 0) is 14.8 Å². The topological polar surface area (TPSA) is 92.5 Å². The fraction of sp³-hybridized carbons (Fsp3) is 0.900. The molecule has 1 aliphatic rings. The molecular formula is C10H21N3O3S. The molecule has 1 heterocycles. The lowest BCUT2D eigenvalue weighted by Gasteiger charge is -2.34. The van der Waals surface area contributed by atoms with Crippen LogP contribution in [0.2, 0.25) is 0 Å². The third kappa shape index (κ3) is 3.65. The molecule has 3 N–H and O–H groups in total. The van der Waals surface area contributed by atoms with Crippen molar-refractivity contribution >= 4 is 15.9 Å². The third-order valence-corrected chi connectivity index (χ3v) is 5.18. The Kier molecular flexibility index (Phi) is 4.91. The molecule has 1 unspecified atom stereocenters. The number of hydrogen-bond acceptors (Lipinski definition) is 4. The van der Waals surface area contributed by atoms with E-state index in [1.165, 1.54) is 4.31 Å². The number of nitrogens with two attached hydrogens (primary N) is 1. The minimum Gasteiger partial charge on any atom is -0.369 e. The largest absolute Gasteiger partial charge is 0.369 e. The van der Waals surface area contributed by atoms with E-state index in [0.29, 0.717) is 6.54 Å². The van der Waals surface area contributed by atoms with Gasteiger partial charge >= 0.3 is 0 Å². The molecule has 0 aliphatic carbocycles. The Hall–Kier alpha value is -0.660. The number of piperidine rings is 1. The fourth-order valence-electron chi connectivity index (χ4n) is 1.93. The van der Waals surface area contributed by atoms with E-state index in [9.17, 15) is 13.2 Å². The van der Waals surface area contributed by atoms with E-state index in [4.69, 9.17) is 5.73 Å². The van der Waals surface area contributed by atoms with E-state index in [0.717, 1.165) is 19.4 Å². The first-order chi connectivity index (χ1) is 7.85. The summed E-state index contributed by atoms with van der Waals surface area (Å²) in [5.74, 6) is -0.611. The highest BCUT2D eigenvalue weighted by Crippen LogP contribution is 2.17. The maximum atomic E-state index is 12.2. The van der Waals surface area contributed by atoms with E-state index in [-0.39, 0.29) is 12.6 Å². The second-order valence-electron chi connectivity index (χ2n) is 4.61. The highest BCUT2D eigenvalue weighted by atomic mass is 32.2. The molecule has 1 amide bonds. The summed E-state index contributed by atoms with van der Waals surface area (Å²) in [5, 5.41) is 2.60. The predicted octanol–water partition coefficient (Wildman–Crippen LogP) is -0.736. The van der Waals surface area contributed by atoms with Crippen LogP contribution in [0.4, 0.5) is 0 Å². The summed E-state index contributed by atoms with van der Waals surface area (Å²) in [4.78, 5) is 11.0. The SMILES string of the molecule is CC(C)S(=O)(=O)N(CC(N)=O)C1CCCNC1. The van der Waals surface area contributed by atoms with Gasteiger partial charge in [0.15, 0.2) is 0 Å². The number of rotatable bonds is 5. The summed E-state index contributed by atoms with van der Waals surface area (Å²) in [7, 11) is -3.44. The monoisotopic (exact) mass is 263 g/mol. The number of carbonyl (C=O) groups excluding carboxylic acids is 1. The molecule has 1 aliphatic heterocycles. The third-order valence-electron chi connectivity index (χ3n) is 2.91. The first kappa shape index (κ1) is 14.4. The summed E-state index contributed by atoms with van der Waals surface area (Å²) in [6.07, 6.45) is 1.68. The van der Waals surface area contributed by atoms with Gasteiger partial charge in [0, 0.05) is 12.6 Å². The Balaban J connectivity index is 2.90. The van der Waals surface area contributed by atoms with Crippen molar-refractivity contribution in [1.82, 2.24) is 9.62 Å². The smallest absolute Gasteiger partial charge is 0.232 e. The normalized spacial score (nSPS) is 22.0. The fourth-order valence-corrected chi connectivity index (χ4v) is 3.37. The zero-order valence-electron chi connectivity index (χ0n) is 10.3. The molecule has 1 fully saturated rings. The van der Waals surface area contributed by atoms with Crippen molar-refractivity contribution in [1.29, 1.82) is 0 Å². The van der Waals surface area contributed by atoms with E-state index < -0.39 is 21.2 Å². The summed E-state index contributed by atoms with van der Waals surface area (Å²) < 4.78 is 25.6. The second kappa shape index (κ2) is 5.79. The van der Waals surface area contributed by atoms with Gasteiger partial charge in [-0.15, -0.1) is 0 Å². The van der Waals surface area contributed by atoms with Gasteiger partial charge in [0.1, 0.15) is 0 Å². The molecule has 6 nitrogen and oxygen atoms in total. The van der Waals surface area contributed by atoms with Crippen LogP contribution < -0.4 is 11.1 Å². The average Bonchev–Trinajstić information content (AvgIpc) is 2.26. The molecule has 0 radical (unpaired) electrons. The molecule has 17 heavy (non-hydrogen) atoms. The predicted molar refractivity (Wildman–Crippen MR) is 65.8 cm³/mol. The van der Waals surface area contributed by atoms with Gasteiger partial charge in [-0.2, -0.15) is 4.31 Å². The molecule has 0 spiro atoms. The molecule has 0 bridgehead atoms. The minimum absolute atomic E-state index is 0.163. The first-order valence-corrected chi connectivity index (χ1v) is 7.35. The molecular weight excluding hydrogens is 242 g/mol. The Morgan fingerprint density at radius 2 is 2.18 bits per heavy atom. The number of hydrogen-bond donors (Lipinski definition) is 2. The van der Waals surface area contributed by atoms with Crippen LogP contribution in [0.5, 0.6) is 0 Å². The number of nitrogens with zero attached hydrogens (tertiary/aromatic N) is 1. The average molecular weight is 263 g/mol. The minimum atomic E-state index is -3.44. The van der Waals surface area contributed by atoms with Gasteiger partial charge in [-0.3, -0.25) is 4.79 Å². The maximum absolute atomic E-state index is 12.2. The summed E-state index contributed by atoms with van der Waals surface area (Å²) >= 11 is 0. The van der Waals surface area contributed by atoms with Gasteiger partial charge in [0.05, 0.1) is 11.8 Å². The van der Waals surface area contributed by atoms with Crippen molar-refractivity contribution in [3.63, 3.8) is 0 Å². The molecule has 0 aromatic carbocycles. The highest BCUT2D eigenvalue weighted by Gasteiger charge is 2.33. The van der Waals surface area contributed by atoms with Crippen LogP contribution >= 0.6 is 0 Å². The lowest BCUT2D eigenvalue weighted by Crippen LogP contribution is -2.53. The van der Waals surface area contributed by atoms with Gasteiger partial charge in [-0.1, -0.05) is 0 Å². The summed E-state index contributed by atoms with van der Waals surface area (Å²) in [6.45, 7) is 4.47. The molecule has 1 saturated heterocycles. The molecule has 0 saturated carbocycles. The standard InChI is InChI=1S/C10H21N3O3S/c1-8(2)17(15,16)13(7-10(11)14)9-4-3-5-12-6-9/h8-9,12H,3-7H2,1-2H3,(H2,11,14). The van der Waals surface area contributed by atoms with Gasteiger partial charge in [0.2, 0.25) is 15.9 Å². The summed E-state index contributed by atoms with van der Waals surface area (Å²) in [6, 6.07) is -0.163. The van der Waals surface area contributed by atoms with Crippen LogP contribution in [0.3, 0.4) is 0 Å². The zero-order valence-corrected chi connectivity index (χ0v) is 11.2. The molecule has 7 heteroatoms. The van der Waals surface area contributed by atoms with Crippen molar-refractivity contribution in [2.24, 2.45) is 5.73 Å². The van der Waals surface area contributed by atoms with Crippen molar-refractivity contribution in [3.05, 3.63) is 0 Å². The van der Waals surface area contributed by atoms with Crippen molar-refractivity contribution < 1.29 is 13.2 Å². The van der Waals surface area contributed by atoms with E-state index in [1.807, 2.05) is 0 Å². The van der Waals surface area contributed by atoms with E-state index in [1.54, 1.807) is 13.8 Å². The number of nitrogens with one attached hydrogen (secondary N) is 1. The van der Waals surface area contributed by atoms with Crippen LogP contribution in [0.25, 0.3) is 0 Å². The number of amides is 1. The molecule has 1 atom stereocenters. The second-order valence-corrected chi connectivity index (χ2v) is 7.05. The van der Waals surface area contributed by atoms with Gasteiger partial charge < -0.3 is 11.1 Å². The summed E-state index contributed by atoms with van der Waals surface area (Å²) in [5.41, 5.74) is 5.13. The first-order valence-electron chi connectivity index (χ1n) is 5.85. The van der Waals surface area contributed by atoms with Gasteiger partial charge in [0.25, 0.3) is 0 Å². The Labute approximate surface area is 103 Å². The van der Waals surface area contributed by atoms with E-state index >= 15 is 0 Å². The molecule has 0 aromatic rings. The quantitative estimate of drug-likeness (QED) is 0.683. The maximum Gasteiger partial charge on any atom is 0.232 e. The lowest BCUT2D eigenvalue weighted by molar-refractivity contribution is -0.118. The number of sulfonamides is 1. The zero-order chi connectivity index (χ0) is 13.1. The van der Waals surface area contributed by atoms with Crippen LogP contribution in [-0.4, -0.2) is 49.6 Å². The van der Waals surface area contributed by atoms with Crippen LogP contribution in [0.1, 0.15) is 26.7 Å². The van der Waals surface area contributed by atoms with Crippen LogP contribution in [0.15, 0.2) is 0 Å². The molecule has 0 aromatic heterocycles. The van der Waals surface area contributed by atoms with Crippen molar-refractivity contribution in [3.8, 4) is 0 Å². The number of primary amides is 1. The van der Waals surface area contributed by atoms with Gasteiger partial charge in [-0.25, -0.2) is 8.42 Å². The Morgan fingerprint density at radius 1 is 1.53 bits per heavy atom. The number of carbonyl (C=O) groups is 1. The molecule has 1 rings (SSSR count). The van der Waals surface area contributed by atoms with Crippen molar-refractivity contribution in [2.45, 2.75) is 38.0 Å². The van der Waals surface area contributed by atoms with Gasteiger partial charge in [-0.05, 0) is 33.2 Å². The van der Waals surface area contributed by atoms with E-state index in [2.05, 4.69) is 5.32 Å². The van der Waals surface area contributed by atoms with Crippen LogP contribution in [0, 0.1) is 0 Å². The lowest BCUT2D eigenvalue weighted by atomic mass is 10.1. The highest BCUT2D eigenvalue weighted by molar-refractivity contribution is 7.89.